The van der Waals surface area contributed by atoms with E-state index in [1.54, 1.807) is 0 Å². The van der Waals surface area contributed by atoms with Gasteiger partial charge >= 0.3 is 24.6 Å². The second-order valence-corrected chi connectivity index (χ2v) is 4.60. The molecule has 0 saturated carbocycles. The van der Waals surface area contributed by atoms with Crippen LogP contribution in [0.3, 0.4) is 0 Å². The van der Waals surface area contributed by atoms with Crippen LogP contribution in [0.25, 0.3) is 11.0 Å². The monoisotopic (exact) mass is 375 g/mol. The zero-order valence-corrected chi connectivity index (χ0v) is 11.4. The second kappa shape index (κ2) is 5.56. The lowest BCUT2D eigenvalue weighted by atomic mass is 10.1. The second-order valence-electron chi connectivity index (χ2n) is 4.60. The molecule has 0 bridgehead atoms. The number of imidazole rings is 1. The van der Waals surface area contributed by atoms with Gasteiger partial charge in [-0.2, -0.15) is 22.0 Å². The molecular formula is C11H4F7N3O4. The van der Waals surface area contributed by atoms with Crippen LogP contribution in [-0.2, 0) is 12.1 Å². The number of halogens is 7. The number of nitro benzene ring substituents is 1. The molecule has 0 amide bonds. The summed E-state index contributed by atoms with van der Waals surface area (Å²) >= 11 is 0. The predicted octanol–water partition coefficient (Wildman–Crippen LogP) is 3.85. The van der Waals surface area contributed by atoms with Gasteiger partial charge in [0.25, 0.3) is 5.69 Å². The summed E-state index contributed by atoms with van der Waals surface area (Å²) in [4.78, 5) is 23.4. The quantitative estimate of drug-likeness (QED) is 0.499. The van der Waals surface area contributed by atoms with E-state index >= 15 is 0 Å². The van der Waals surface area contributed by atoms with Gasteiger partial charge < -0.3 is 5.11 Å². The maximum atomic E-state index is 13.5. The molecule has 0 spiro atoms. The van der Waals surface area contributed by atoms with E-state index in [9.17, 15) is 45.6 Å². The van der Waals surface area contributed by atoms with E-state index in [2.05, 4.69) is 4.98 Å². The van der Waals surface area contributed by atoms with Crippen LogP contribution in [0, 0.1) is 10.1 Å². The van der Waals surface area contributed by atoms with Gasteiger partial charge in [-0.1, -0.05) is 0 Å². The Bertz CT molecular complexity index is 875. The van der Waals surface area contributed by atoms with Crippen LogP contribution in [0.2, 0.25) is 0 Å². The molecule has 1 N–H and O–H groups in total. The Hall–Kier alpha value is -2.93. The van der Waals surface area contributed by atoms with Crippen molar-refractivity contribution in [3.8, 4) is 0 Å². The molecule has 0 aliphatic carbocycles. The Balaban J connectivity index is 3.01. The standard InChI is InChI=1S/C11H4F7N3O4/c12-7(13)10(14,15)8-19-4-1-3(11(16,17)18)2-5(21(24)25)6(4)20(8)9(22)23/h1-2,7H,(H,22,23). The molecule has 7 nitrogen and oxygen atoms in total. The van der Waals surface area contributed by atoms with Crippen molar-refractivity contribution in [1.29, 1.82) is 0 Å². The highest BCUT2D eigenvalue weighted by atomic mass is 19.4. The van der Waals surface area contributed by atoms with Crippen LogP contribution in [0.1, 0.15) is 11.4 Å². The van der Waals surface area contributed by atoms with Crippen LogP contribution >= 0.6 is 0 Å². The summed E-state index contributed by atoms with van der Waals surface area (Å²) in [6, 6.07) is -0.0550. The van der Waals surface area contributed by atoms with E-state index < -0.39 is 62.2 Å². The number of carbonyl (C=O) groups is 1. The van der Waals surface area contributed by atoms with E-state index in [0.717, 1.165) is 0 Å². The first kappa shape index (κ1) is 18.4. The minimum absolute atomic E-state index is 0.0484. The third-order valence-electron chi connectivity index (χ3n) is 3.02. The topological polar surface area (TPSA) is 98.3 Å². The molecule has 2 aromatic rings. The predicted molar refractivity (Wildman–Crippen MR) is 64.7 cm³/mol. The Kier molecular flexibility index (Phi) is 4.09. The minimum Gasteiger partial charge on any atom is -0.464 e. The summed E-state index contributed by atoms with van der Waals surface area (Å²) < 4.78 is 89.6. The zero-order chi connectivity index (χ0) is 19.3. The fourth-order valence-corrected chi connectivity index (χ4v) is 2.00. The lowest BCUT2D eigenvalue weighted by Gasteiger charge is -2.14. The normalized spacial score (nSPS) is 12.8. The summed E-state index contributed by atoms with van der Waals surface area (Å²) in [5.41, 5.74) is -5.69. The smallest absolute Gasteiger partial charge is 0.417 e. The average molecular weight is 375 g/mol. The number of nitro groups is 1. The number of rotatable bonds is 3. The molecule has 0 saturated heterocycles. The van der Waals surface area contributed by atoms with Crippen molar-refractivity contribution >= 4 is 22.8 Å². The highest BCUT2D eigenvalue weighted by Crippen LogP contribution is 2.40. The van der Waals surface area contributed by atoms with Gasteiger partial charge in [0.2, 0.25) is 0 Å². The van der Waals surface area contributed by atoms with Gasteiger partial charge in [-0.15, -0.1) is 0 Å². The van der Waals surface area contributed by atoms with Crippen molar-refractivity contribution in [2.24, 2.45) is 0 Å². The largest absolute Gasteiger partial charge is 0.464 e. The van der Waals surface area contributed by atoms with Gasteiger partial charge in [0.1, 0.15) is 0 Å². The van der Waals surface area contributed by atoms with Crippen molar-refractivity contribution in [3.05, 3.63) is 33.6 Å². The molecule has 1 aromatic carbocycles. The van der Waals surface area contributed by atoms with E-state index in [-0.39, 0.29) is 12.1 Å². The summed E-state index contributed by atoms with van der Waals surface area (Å²) in [7, 11) is 0. The van der Waals surface area contributed by atoms with Gasteiger partial charge in [-0.05, 0) is 6.07 Å². The number of nitrogens with zero attached hydrogens (tertiary/aromatic N) is 3. The minimum atomic E-state index is -5.18. The molecule has 1 heterocycles. The number of aromatic nitrogens is 2. The molecule has 0 aliphatic heterocycles. The summed E-state index contributed by atoms with van der Waals surface area (Å²) in [6.45, 7) is 0. The number of carboxylic acid groups (broad SMARTS) is 1. The zero-order valence-electron chi connectivity index (χ0n) is 11.4. The lowest BCUT2D eigenvalue weighted by Crippen LogP contribution is -2.30. The van der Waals surface area contributed by atoms with Gasteiger partial charge in [-0.25, -0.2) is 23.1 Å². The maximum absolute atomic E-state index is 13.5. The van der Waals surface area contributed by atoms with Crippen LogP contribution in [0.4, 0.5) is 41.2 Å². The van der Waals surface area contributed by atoms with Crippen LogP contribution in [-0.4, -0.2) is 32.1 Å². The number of hydrogen-bond donors (Lipinski definition) is 1. The Morgan fingerprint density at radius 2 is 1.80 bits per heavy atom. The fourth-order valence-electron chi connectivity index (χ4n) is 2.00. The lowest BCUT2D eigenvalue weighted by molar-refractivity contribution is -0.383. The molecule has 25 heavy (non-hydrogen) atoms. The van der Waals surface area contributed by atoms with Gasteiger partial charge in [0.05, 0.1) is 16.0 Å². The molecular weight excluding hydrogens is 371 g/mol. The van der Waals surface area contributed by atoms with Crippen LogP contribution < -0.4 is 0 Å². The van der Waals surface area contributed by atoms with Crippen LogP contribution in [0.15, 0.2) is 12.1 Å². The molecule has 0 unspecified atom stereocenters. The molecule has 14 heteroatoms. The summed E-state index contributed by atoms with van der Waals surface area (Å²) in [6.07, 6.45) is -12.0. The highest BCUT2D eigenvalue weighted by molar-refractivity contribution is 5.93. The number of non-ortho nitro benzene ring substituents is 1. The van der Waals surface area contributed by atoms with Gasteiger partial charge in [0, 0.05) is 6.07 Å². The number of benzene rings is 1. The van der Waals surface area contributed by atoms with Crippen LogP contribution in [0.5, 0.6) is 0 Å². The van der Waals surface area contributed by atoms with E-state index in [0.29, 0.717) is 0 Å². The van der Waals surface area contributed by atoms with Crippen molar-refractivity contribution in [1.82, 2.24) is 9.55 Å². The molecule has 0 fully saturated rings. The van der Waals surface area contributed by atoms with E-state index in [1.807, 2.05) is 0 Å². The van der Waals surface area contributed by atoms with E-state index in [1.165, 1.54) is 0 Å². The SMILES string of the molecule is O=C(O)n1c(C(F)(F)C(F)F)nc2cc(C(F)(F)F)cc([N+](=O)[O-])c21. The fraction of sp³-hybridized carbons (Fsp3) is 0.273. The average Bonchev–Trinajstić information content (AvgIpc) is 2.84. The molecule has 2 rings (SSSR count). The first-order chi connectivity index (χ1) is 11.3. The van der Waals surface area contributed by atoms with Crippen molar-refractivity contribution < 1.29 is 45.6 Å². The summed E-state index contributed by atoms with van der Waals surface area (Å²) in [5.74, 6) is -7.31. The van der Waals surface area contributed by atoms with Gasteiger partial charge in [0.15, 0.2) is 11.3 Å². The molecule has 0 aliphatic rings. The molecule has 1 aromatic heterocycles. The number of hydrogen-bond acceptors (Lipinski definition) is 4. The number of alkyl halides is 7. The van der Waals surface area contributed by atoms with Gasteiger partial charge in [-0.3, -0.25) is 10.1 Å². The highest BCUT2D eigenvalue weighted by Gasteiger charge is 2.49. The summed E-state index contributed by atoms with van der Waals surface area (Å²) in [5, 5.41) is 19.9. The molecule has 136 valence electrons. The van der Waals surface area contributed by atoms with Crippen molar-refractivity contribution in [2.75, 3.05) is 0 Å². The first-order valence-electron chi connectivity index (χ1n) is 5.96. The molecule has 0 atom stereocenters. The maximum Gasteiger partial charge on any atom is 0.417 e. The third kappa shape index (κ3) is 2.94. The Morgan fingerprint density at radius 3 is 2.20 bits per heavy atom. The molecule has 0 radical (unpaired) electrons. The Morgan fingerprint density at radius 1 is 1.24 bits per heavy atom. The first-order valence-corrected chi connectivity index (χ1v) is 5.96. The van der Waals surface area contributed by atoms with Crippen molar-refractivity contribution in [2.45, 2.75) is 18.5 Å². The van der Waals surface area contributed by atoms with E-state index in [4.69, 9.17) is 5.11 Å². The third-order valence-corrected chi connectivity index (χ3v) is 3.02. The number of fused-ring (bicyclic) bond motifs is 1. The van der Waals surface area contributed by atoms with Crippen molar-refractivity contribution in [3.63, 3.8) is 0 Å². The Labute approximate surface area is 131 Å².